The summed E-state index contributed by atoms with van der Waals surface area (Å²) in [5, 5.41) is 1.88. The number of fused-ring (bicyclic) bond motifs is 1. The van der Waals surface area contributed by atoms with Gasteiger partial charge in [-0.1, -0.05) is 42.5 Å². The monoisotopic (exact) mass is 280 g/mol. The van der Waals surface area contributed by atoms with Gasteiger partial charge < -0.3 is 0 Å². The number of carbonyl (C=O) groups is 2. The quantitative estimate of drug-likeness (QED) is 0.804. The molecule has 0 saturated heterocycles. The van der Waals surface area contributed by atoms with Gasteiger partial charge in [-0.3, -0.25) is 9.59 Å². The van der Waals surface area contributed by atoms with Gasteiger partial charge >= 0.3 is 6.18 Å². The summed E-state index contributed by atoms with van der Waals surface area (Å²) in [6.07, 6.45) is -6.22. The van der Waals surface area contributed by atoms with Crippen molar-refractivity contribution in [3.05, 3.63) is 48.0 Å². The van der Waals surface area contributed by atoms with Crippen LogP contribution >= 0.6 is 0 Å². The van der Waals surface area contributed by atoms with Crippen molar-refractivity contribution >= 4 is 22.3 Å². The van der Waals surface area contributed by atoms with Crippen molar-refractivity contribution in [2.45, 2.75) is 19.0 Å². The molecule has 2 aromatic rings. The molecule has 0 aliphatic rings. The Labute approximate surface area is 113 Å². The molecular formula is C15H11F3O2. The molecule has 5 heteroatoms. The molecule has 2 rings (SSSR count). The molecule has 0 amide bonds. The Morgan fingerprint density at radius 3 is 2.25 bits per heavy atom. The van der Waals surface area contributed by atoms with Crippen LogP contribution in [0.15, 0.2) is 42.5 Å². The second-order valence-electron chi connectivity index (χ2n) is 4.49. The van der Waals surface area contributed by atoms with Crippen LogP contribution in [0.3, 0.4) is 0 Å². The Morgan fingerprint density at radius 1 is 0.950 bits per heavy atom. The summed E-state index contributed by atoms with van der Waals surface area (Å²) in [5.41, 5.74) is 0.601. The van der Waals surface area contributed by atoms with Crippen molar-refractivity contribution in [3.8, 4) is 0 Å². The van der Waals surface area contributed by atoms with Gasteiger partial charge in [0.2, 0.25) is 5.78 Å². The van der Waals surface area contributed by atoms with Gasteiger partial charge in [0.05, 0.1) is 6.42 Å². The molecule has 0 N–H and O–H groups in total. The van der Waals surface area contributed by atoms with E-state index in [1.807, 2.05) is 24.3 Å². The van der Waals surface area contributed by atoms with Crippen LogP contribution in [0.1, 0.15) is 12.0 Å². The lowest BCUT2D eigenvalue weighted by atomic mass is 10.0. The third kappa shape index (κ3) is 3.44. The zero-order valence-electron chi connectivity index (χ0n) is 10.4. The zero-order valence-corrected chi connectivity index (χ0v) is 10.4. The average Bonchev–Trinajstić information content (AvgIpc) is 2.37. The number of halogens is 3. The minimum Gasteiger partial charge on any atom is -0.299 e. The molecule has 0 atom stereocenters. The first-order valence-corrected chi connectivity index (χ1v) is 5.95. The largest absolute Gasteiger partial charge is 0.450 e. The second-order valence-corrected chi connectivity index (χ2v) is 4.49. The predicted molar refractivity (Wildman–Crippen MR) is 68.3 cm³/mol. The molecular weight excluding hydrogens is 269 g/mol. The minimum absolute atomic E-state index is 0.174. The van der Waals surface area contributed by atoms with Crippen molar-refractivity contribution in [3.63, 3.8) is 0 Å². The van der Waals surface area contributed by atoms with Gasteiger partial charge in [-0.05, 0) is 16.3 Å². The number of alkyl halides is 3. The highest BCUT2D eigenvalue weighted by Crippen LogP contribution is 2.20. The van der Waals surface area contributed by atoms with Gasteiger partial charge in [-0.25, -0.2) is 0 Å². The fourth-order valence-corrected chi connectivity index (χ4v) is 1.92. The molecule has 0 bridgehead atoms. The van der Waals surface area contributed by atoms with Crippen molar-refractivity contribution < 1.29 is 22.8 Å². The Balaban J connectivity index is 2.08. The number of ketones is 2. The molecule has 20 heavy (non-hydrogen) atoms. The van der Waals surface area contributed by atoms with Crippen LogP contribution in [0, 0.1) is 0 Å². The molecule has 2 nitrogen and oxygen atoms in total. The van der Waals surface area contributed by atoms with Crippen molar-refractivity contribution in [1.82, 2.24) is 0 Å². The van der Waals surface area contributed by atoms with Gasteiger partial charge in [-0.15, -0.1) is 0 Å². The minimum atomic E-state index is -4.95. The molecule has 2 aromatic carbocycles. The topological polar surface area (TPSA) is 34.1 Å². The van der Waals surface area contributed by atoms with E-state index in [2.05, 4.69) is 0 Å². The Morgan fingerprint density at radius 2 is 1.60 bits per heavy atom. The summed E-state index contributed by atoms with van der Waals surface area (Å²) >= 11 is 0. The smallest absolute Gasteiger partial charge is 0.299 e. The van der Waals surface area contributed by atoms with Crippen LogP contribution < -0.4 is 0 Å². The molecule has 0 heterocycles. The van der Waals surface area contributed by atoms with Gasteiger partial charge in [0.1, 0.15) is 5.78 Å². The summed E-state index contributed by atoms with van der Waals surface area (Å²) in [4.78, 5) is 22.2. The van der Waals surface area contributed by atoms with E-state index < -0.39 is 24.2 Å². The van der Waals surface area contributed by atoms with E-state index in [0.29, 0.717) is 5.56 Å². The van der Waals surface area contributed by atoms with Gasteiger partial charge in [0.25, 0.3) is 0 Å². The van der Waals surface area contributed by atoms with Crippen LogP contribution in [-0.4, -0.2) is 17.7 Å². The van der Waals surface area contributed by atoms with Crippen LogP contribution in [-0.2, 0) is 16.0 Å². The molecule has 0 aromatic heterocycles. The van der Waals surface area contributed by atoms with Crippen LogP contribution in [0.25, 0.3) is 10.8 Å². The average molecular weight is 280 g/mol. The van der Waals surface area contributed by atoms with E-state index in [1.54, 1.807) is 18.2 Å². The fraction of sp³-hybridized carbons (Fsp3) is 0.200. The van der Waals surface area contributed by atoms with Gasteiger partial charge in [-0.2, -0.15) is 13.2 Å². The number of hydrogen-bond donors (Lipinski definition) is 0. The summed E-state index contributed by atoms with van der Waals surface area (Å²) < 4.78 is 36.2. The first-order valence-electron chi connectivity index (χ1n) is 5.95. The van der Waals surface area contributed by atoms with E-state index in [1.165, 1.54) is 0 Å². The number of Topliss-reactive ketones (excluding diaryl/α,β-unsaturated/α-hetero) is 2. The second kappa shape index (κ2) is 5.45. The van der Waals surface area contributed by atoms with E-state index in [9.17, 15) is 22.8 Å². The van der Waals surface area contributed by atoms with E-state index in [4.69, 9.17) is 0 Å². The highest BCUT2D eigenvalue weighted by Gasteiger charge is 2.38. The SMILES string of the molecule is O=C(CC(=O)C(F)(F)F)Cc1ccc2ccccc2c1. The first-order chi connectivity index (χ1) is 9.36. The zero-order chi connectivity index (χ0) is 14.8. The molecule has 0 aliphatic carbocycles. The summed E-state index contributed by atoms with van der Waals surface area (Å²) in [6.45, 7) is 0. The molecule has 0 radical (unpaired) electrons. The lowest BCUT2D eigenvalue weighted by molar-refractivity contribution is -0.171. The van der Waals surface area contributed by atoms with Crippen molar-refractivity contribution in [2.75, 3.05) is 0 Å². The Bertz CT molecular complexity index is 659. The third-order valence-corrected chi connectivity index (χ3v) is 2.89. The maximum atomic E-state index is 12.1. The van der Waals surface area contributed by atoms with Crippen LogP contribution in [0.2, 0.25) is 0 Å². The predicted octanol–water partition coefficient (Wildman–Crippen LogP) is 3.47. The summed E-state index contributed by atoms with van der Waals surface area (Å²) in [7, 11) is 0. The first kappa shape index (κ1) is 14.2. The highest BCUT2D eigenvalue weighted by atomic mass is 19.4. The molecule has 0 aliphatic heterocycles. The van der Waals surface area contributed by atoms with Crippen LogP contribution in [0.4, 0.5) is 13.2 Å². The van der Waals surface area contributed by atoms with E-state index >= 15 is 0 Å². The van der Waals surface area contributed by atoms with Crippen molar-refractivity contribution in [1.29, 1.82) is 0 Å². The lowest BCUT2D eigenvalue weighted by Crippen LogP contribution is -2.25. The van der Waals surface area contributed by atoms with E-state index in [-0.39, 0.29) is 6.42 Å². The Hall–Kier alpha value is -2.17. The molecule has 0 saturated carbocycles. The summed E-state index contributed by atoms with van der Waals surface area (Å²) in [5.74, 6) is -2.73. The third-order valence-electron chi connectivity index (χ3n) is 2.89. The standard InChI is InChI=1S/C15H11F3O2/c16-15(17,18)14(20)9-13(19)8-10-5-6-11-3-1-2-4-12(11)7-10/h1-7H,8-9H2. The van der Waals surface area contributed by atoms with Gasteiger partial charge in [0, 0.05) is 6.42 Å². The number of carbonyl (C=O) groups excluding carboxylic acids is 2. The maximum absolute atomic E-state index is 12.1. The van der Waals surface area contributed by atoms with E-state index in [0.717, 1.165) is 10.8 Å². The van der Waals surface area contributed by atoms with Crippen LogP contribution in [0.5, 0.6) is 0 Å². The molecule has 0 fully saturated rings. The number of benzene rings is 2. The summed E-state index contributed by atoms with van der Waals surface area (Å²) in [6, 6.07) is 12.7. The maximum Gasteiger partial charge on any atom is 0.450 e. The molecule has 104 valence electrons. The van der Waals surface area contributed by atoms with Gasteiger partial charge in [0.15, 0.2) is 0 Å². The lowest BCUT2D eigenvalue weighted by Gasteiger charge is -2.05. The Kier molecular flexibility index (Phi) is 3.88. The highest BCUT2D eigenvalue weighted by molar-refractivity contribution is 6.02. The van der Waals surface area contributed by atoms with Crippen molar-refractivity contribution in [2.24, 2.45) is 0 Å². The number of rotatable bonds is 4. The normalized spacial score (nSPS) is 11.6. The molecule has 0 unspecified atom stereocenters. The number of hydrogen-bond acceptors (Lipinski definition) is 2. The fourth-order valence-electron chi connectivity index (χ4n) is 1.92. The molecule has 0 spiro atoms.